The summed E-state index contributed by atoms with van der Waals surface area (Å²) in [6.07, 6.45) is -5.50. The fourth-order valence-corrected chi connectivity index (χ4v) is 0.975. The van der Waals surface area contributed by atoms with Crippen LogP contribution in [0.5, 0.6) is 0 Å². The predicted molar refractivity (Wildman–Crippen MR) is 45.3 cm³/mol. The Hall–Kier alpha value is -0.860. The van der Waals surface area contributed by atoms with Crippen LogP contribution in [0, 0.1) is 11.3 Å². The van der Waals surface area contributed by atoms with Gasteiger partial charge in [-0.15, -0.1) is 0 Å². The first kappa shape index (κ1) is 4.40. The molecule has 0 aromatic carbocycles. The summed E-state index contributed by atoms with van der Waals surface area (Å²) >= 11 is 0. The van der Waals surface area contributed by atoms with Gasteiger partial charge in [-0.25, -0.2) is 0 Å². The lowest BCUT2D eigenvalue weighted by molar-refractivity contribution is -0.139. The molecule has 1 heterocycles. The zero-order chi connectivity index (χ0) is 13.8. The minimum Gasteiger partial charge on any atom is -0.296 e. The fraction of sp³-hybridized carbons (Fsp3) is 0.778. The van der Waals surface area contributed by atoms with Crippen molar-refractivity contribution in [2.24, 2.45) is 11.3 Å². The third-order valence-electron chi connectivity index (χ3n) is 1.65. The number of carbonyl (C=O) groups excluding carboxylic acids is 2. The van der Waals surface area contributed by atoms with Gasteiger partial charge in [0.2, 0.25) is 11.8 Å². The van der Waals surface area contributed by atoms with E-state index in [1.165, 1.54) is 0 Å². The molecule has 0 bridgehead atoms. The Bertz CT molecular complexity index is 374. The number of piperidine rings is 1. The first-order valence-corrected chi connectivity index (χ1v) is 3.72. The molecular formula is C9H15NO2. The summed E-state index contributed by atoms with van der Waals surface area (Å²) in [4.78, 5) is 23.2. The highest BCUT2D eigenvalue weighted by Gasteiger charge is 2.35. The summed E-state index contributed by atoms with van der Waals surface area (Å²) in [5.74, 6) is -3.82. The molecule has 0 aromatic heterocycles. The average molecular weight is 174 g/mol. The zero-order valence-corrected chi connectivity index (χ0v) is 7.34. The van der Waals surface area contributed by atoms with E-state index in [4.69, 9.17) is 6.89 Å². The van der Waals surface area contributed by atoms with Crippen molar-refractivity contribution in [3.63, 3.8) is 0 Å². The van der Waals surface area contributed by atoms with Crippen LogP contribution in [-0.4, -0.2) is 11.8 Å². The standard InChI is InChI=1S/C9H15NO2/c1-9(2,3)6-4-5-7(11)10-8(6)12/h6H,4-5H2,1-3H3,(H,10,11,12)/i4D2,5D2/hD. The highest BCUT2D eigenvalue weighted by atomic mass is 16.2. The summed E-state index contributed by atoms with van der Waals surface area (Å²) in [7, 11) is 0. The molecule has 1 aliphatic rings. The van der Waals surface area contributed by atoms with Gasteiger partial charge in [-0.3, -0.25) is 14.9 Å². The molecule has 0 saturated carbocycles. The average Bonchev–Trinajstić information content (AvgIpc) is 2.10. The van der Waals surface area contributed by atoms with E-state index < -0.39 is 35.9 Å². The van der Waals surface area contributed by atoms with E-state index in [1.54, 1.807) is 20.8 Å². The minimum atomic E-state index is -2.87. The van der Waals surface area contributed by atoms with Crippen molar-refractivity contribution >= 4 is 11.8 Å². The molecule has 1 rings (SSSR count). The second-order valence-corrected chi connectivity index (χ2v) is 3.82. The Morgan fingerprint density at radius 1 is 1.58 bits per heavy atom. The van der Waals surface area contributed by atoms with Crippen LogP contribution in [0.15, 0.2) is 0 Å². The van der Waals surface area contributed by atoms with Crippen molar-refractivity contribution < 1.29 is 16.5 Å². The third kappa shape index (κ3) is 1.84. The van der Waals surface area contributed by atoms with Crippen LogP contribution >= 0.6 is 0 Å². The van der Waals surface area contributed by atoms with Crippen molar-refractivity contribution in [3.8, 4) is 0 Å². The molecule has 2 amide bonds. The predicted octanol–water partition coefficient (Wildman–Crippen LogP) is 1.09. The molecule has 3 nitrogen and oxygen atoms in total. The number of carbonyl (C=O) groups is 2. The van der Waals surface area contributed by atoms with Crippen molar-refractivity contribution in [1.29, 1.82) is 0 Å². The zero-order valence-electron chi connectivity index (χ0n) is 12.3. The normalized spacial score (nSPS) is 40.8. The quantitative estimate of drug-likeness (QED) is 0.559. The van der Waals surface area contributed by atoms with E-state index in [-0.39, 0.29) is 5.31 Å². The van der Waals surface area contributed by atoms with Gasteiger partial charge in [0.15, 0.2) is 1.41 Å². The van der Waals surface area contributed by atoms with Gasteiger partial charge in [-0.05, 0) is 11.8 Å². The van der Waals surface area contributed by atoms with E-state index in [0.717, 1.165) is 0 Å². The maximum Gasteiger partial charge on any atom is 0.230 e. The number of hydrogen-bond acceptors (Lipinski definition) is 2. The number of hydrogen-bond donors (Lipinski definition) is 1. The van der Waals surface area contributed by atoms with Crippen LogP contribution in [0.1, 0.15) is 39.0 Å². The van der Waals surface area contributed by atoms with Crippen molar-refractivity contribution in [1.82, 2.24) is 5.31 Å². The Morgan fingerprint density at radius 2 is 2.17 bits per heavy atom. The van der Waals surface area contributed by atoms with E-state index >= 15 is 0 Å². The van der Waals surface area contributed by atoms with Crippen LogP contribution in [-0.2, 0) is 9.59 Å². The molecule has 0 radical (unpaired) electrons. The van der Waals surface area contributed by atoms with Gasteiger partial charge in [0, 0.05) is 17.8 Å². The molecule has 1 unspecified atom stereocenters. The number of amides is 2. The van der Waals surface area contributed by atoms with Gasteiger partial charge in [0.1, 0.15) is 0 Å². The first-order chi connectivity index (χ1) is 7.35. The Morgan fingerprint density at radius 3 is 2.67 bits per heavy atom. The van der Waals surface area contributed by atoms with Crippen molar-refractivity contribution in [2.75, 3.05) is 0 Å². The van der Waals surface area contributed by atoms with Gasteiger partial charge in [0.25, 0.3) is 0 Å². The van der Waals surface area contributed by atoms with Gasteiger partial charge in [-0.2, -0.15) is 0 Å². The molecule has 0 aromatic rings. The van der Waals surface area contributed by atoms with Gasteiger partial charge < -0.3 is 0 Å². The Kier molecular flexibility index (Phi) is 1.06. The molecule has 3 heteroatoms. The second-order valence-electron chi connectivity index (χ2n) is 3.82. The van der Waals surface area contributed by atoms with Crippen molar-refractivity contribution in [2.45, 2.75) is 33.5 Å². The maximum atomic E-state index is 11.8. The largest absolute Gasteiger partial charge is 0.296 e. The molecule has 0 spiro atoms. The summed E-state index contributed by atoms with van der Waals surface area (Å²) < 4.78 is 37.7. The van der Waals surface area contributed by atoms with E-state index in [2.05, 4.69) is 0 Å². The Balaban J connectivity index is 3.41. The highest BCUT2D eigenvalue weighted by molar-refractivity contribution is 5.98. The number of imide groups is 1. The smallest absolute Gasteiger partial charge is 0.230 e. The molecule has 0 aliphatic carbocycles. The summed E-state index contributed by atoms with van der Waals surface area (Å²) in [6, 6.07) is 0. The Labute approximate surface area is 79.6 Å². The van der Waals surface area contributed by atoms with E-state index in [9.17, 15) is 9.59 Å². The van der Waals surface area contributed by atoms with E-state index in [1.807, 2.05) is 0 Å². The van der Waals surface area contributed by atoms with Crippen LogP contribution in [0.2, 0.25) is 1.41 Å². The maximum absolute atomic E-state index is 11.8. The first-order valence-electron chi connectivity index (χ1n) is 6.17. The monoisotopic (exact) mass is 174 g/mol. The molecule has 1 saturated heterocycles. The molecule has 1 fully saturated rings. The van der Waals surface area contributed by atoms with Crippen LogP contribution in [0.4, 0.5) is 0 Å². The molecule has 1 atom stereocenters. The fourth-order valence-electron chi connectivity index (χ4n) is 0.975. The lowest BCUT2D eigenvalue weighted by Crippen LogP contribution is -2.45. The highest BCUT2D eigenvalue weighted by Crippen LogP contribution is 2.31. The lowest BCUT2D eigenvalue weighted by Gasteiger charge is -2.31. The molecule has 68 valence electrons. The van der Waals surface area contributed by atoms with Gasteiger partial charge in [-0.1, -0.05) is 20.8 Å². The number of rotatable bonds is 0. The van der Waals surface area contributed by atoms with Gasteiger partial charge in [0.05, 0.1) is 0 Å². The summed E-state index contributed by atoms with van der Waals surface area (Å²) in [5.41, 5.74) is -0.881. The topological polar surface area (TPSA) is 46.2 Å². The van der Waals surface area contributed by atoms with Crippen LogP contribution in [0.3, 0.4) is 0 Å². The van der Waals surface area contributed by atoms with Crippen molar-refractivity contribution in [3.05, 3.63) is 0 Å². The molecule has 1 aliphatic heterocycles. The van der Waals surface area contributed by atoms with Crippen LogP contribution in [0.25, 0.3) is 0 Å². The van der Waals surface area contributed by atoms with E-state index in [0.29, 0.717) is 0 Å². The number of nitrogens with one attached hydrogen (secondary N) is 1. The molecule has 1 N–H and O–H groups in total. The second kappa shape index (κ2) is 2.88. The summed E-state index contributed by atoms with van der Waals surface area (Å²) in [6.45, 7) is 4.73. The third-order valence-corrected chi connectivity index (χ3v) is 1.65. The SMILES string of the molecule is [2H]N1C(=O)C(C(C)(C)C)C([2H])([2H])C([2H])([2H])C1=O. The molecular weight excluding hydrogens is 154 g/mol. The lowest BCUT2D eigenvalue weighted by atomic mass is 9.76. The van der Waals surface area contributed by atoms with Gasteiger partial charge >= 0.3 is 0 Å². The molecule has 12 heavy (non-hydrogen) atoms. The van der Waals surface area contributed by atoms with Crippen LogP contribution < -0.4 is 5.31 Å². The summed E-state index contributed by atoms with van der Waals surface area (Å²) in [5, 5.41) is -0.0583. The minimum absolute atomic E-state index is 0.0583.